The number of anilines is 2. The molecule has 3 aliphatic rings. The first kappa shape index (κ1) is 96.7. The lowest BCUT2D eigenvalue weighted by Gasteiger charge is -2.33. The van der Waals surface area contributed by atoms with E-state index in [1.807, 2.05) is 34.6 Å². The normalized spacial score (nSPS) is 16.9. The maximum atomic E-state index is 16.0. The number of aryl methyl sites for hydroxylation is 6. The summed E-state index contributed by atoms with van der Waals surface area (Å²) in [6.45, 7) is 18.6. The largest absolute Gasteiger partial charge is 0.496 e. The van der Waals surface area contributed by atoms with Crippen molar-refractivity contribution in [2.24, 2.45) is 5.73 Å². The average molecular weight is 1890 g/mol. The summed E-state index contributed by atoms with van der Waals surface area (Å²) in [6, 6.07) is 35.7. The van der Waals surface area contributed by atoms with Gasteiger partial charge in [0.15, 0.2) is 19.7 Å². The minimum absolute atomic E-state index is 0.00107. The van der Waals surface area contributed by atoms with Crippen LogP contribution in [0.1, 0.15) is 145 Å². The van der Waals surface area contributed by atoms with Crippen molar-refractivity contribution in [3.63, 3.8) is 0 Å². The van der Waals surface area contributed by atoms with Crippen LogP contribution in [0.25, 0.3) is 55.0 Å². The molecule has 35 heteroatoms. The molecule has 1 aliphatic heterocycles. The third-order valence-electron chi connectivity index (χ3n) is 22.8. The molecule has 0 bridgehead atoms. The molecule has 2 saturated carbocycles. The van der Waals surface area contributed by atoms with E-state index in [1.54, 1.807) is 138 Å². The van der Waals surface area contributed by atoms with Crippen LogP contribution >= 0.6 is 50.7 Å². The number of rotatable bonds is 19. The Labute approximate surface area is 751 Å². The van der Waals surface area contributed by atoms with Crippen molar-refractivity contribution in [2.45, 2.75) is 201 Å². The number of fused-ring (bicyclic) bond motifs is 3. The van der Waals surface area contributed by atoms with E-state index in [0.29, 0.717) is 126 Å². The number of halogens is 9. The van der Waals surface area contributed by atoms with Crippen LogP contribution in [0.2, 0.25) is 15.1 Å². The monoisotopic (exact) mass is 1890 g/mol. The van der Waals surface area contributed by atoms with Gasteiger partial charge in [-0.05, 0) is 236 Å². The molecule has 0 atom stereocenters. The first-order valence-electron chi connectivity index (χ1n) is 40.8. The fraction of sp³-hybridized carbons (Fsp3) is 0.367. The second-order valence-electron chi connectivity index (χ2n) is 32.3. The van der Waals surface area contributed by atoms with Crippen LogP contribution in [-0.2, 0) is 69.8 Å². The molecular formula is C90H100BBrCl3F5N14O8S3. The first-order valence-corrected chi connectivity index (χ1v) is 47.5. The zero-order chi connectivity index (χ0) is 90.9. The van der Waals surface area contributed by atoms with E-state index >= 15 is 8.78 Å². The van der Waals surface area contributed by atoms with Crippen molar-refractivity contribution in [3.8, 4) is 22.3 Å². The second kappa shape index (κ2) is 41.0. The number of nitrogens with two attached hydrogens (primary N) is 1. The third kappa shape index (κ3) is 23.2. The van der Waals surface area contributed by atoms with Crippen LogP contribution < -0.4 is 21.2 Å². The lowest BCUT2D eigenvalue weighted by atomic mass is 9.78. The molecule has 662 valence electrons. The number of pyridine rings is 3. The highest BCUT2D eigenvalue weighted by atomic mass is 79.9. The zero-order valence-electron chi connectivity index (χ0n) is 71.8. The molecule has 7 heterocycles. The molecule has 3 fully saturated rings. The minimum Gasteiger partial charge on any atom is -0.399 e. The van der Waals surface area contributed by atoms with Gasteiger partial charge in [0.25, 0.3) is 10.0 Å². The number of hydrogen-bond acceptors (Lipinski definition) is 21. The summed E-state index contributed by atoms with van der Waals surface area (Å²) in [6.07, 6.45) is 13.2. The van der Waals surface area contributed by atoms with Crippen molar-refractivity contribution >= 4 is 137 Å². The van der Waals surface area contributed by atoms with Crippen LogP contribution in [0.15, 0.2) is 165 Å². The number of sulfone groups is 2. The summed E-state index contributed by atoms with van der Waals surface area (Å²) in [5, 5.41) is 5.80. The predicted octanol–water partition coefficient (Wildman–Crippen LogP) is 19.3. The van der Waals surface area contributed by atoms with Gasteiger partial charge < -0.3 is 30.2 Å². The van der Waals surface area contributed by atoms with Crippen LogP contribution in [-0.4, -0.2) is 151 Å². The molecular weight excluding hydrogens is 1790 g/mol. The van der Waals surface area contributed by atoms with Gasteiger partial charge in [0, 0.05) is 120 Å². The van der Waals surface area contributed by atoms with Crippen LogP contribution in [0, 0.1) is 50.4 Å². The van der Waals surface area contributed by atoms with Crippen molar-refractivity contribution in [1.29, 1.82) is 0 Å². The Morgan fingerprint density at radius 2 is 0.888 bits per heavy atom. The molecule has 0 unspecified atom stereocenters. The molecule has 15 rings (SSSR count). The van der Waals surface area contributed by atoms with E-state index < -0.39 is 66.0 Å². The molecule has 0 spiro atoms. The average Bonchev–Trinajstić information content (AvgIpc) is 1.76. The Kier molecular flexibility index (Phi) is 31.8. The van der Waals surface area contributed by atoms with Gasteiger partial charge in [-0.2, -0.15) is 8.78 Å². The van der Waals surface area contributed by atoms with Crippen LogP contribution in [0.4, 0.5) is 33.7 Å². The van der Waals surface area contributed by atoms with Crippen LogP contribution in [0.5, 0.6) is 0 Å². The summed E-state index contributed by atoms with van der Waals surface area (Å²) in [7, 11) is -3.25. The van der Waals surface area contributed by atoms with E-state index in [4.69, 9.17) is 54.8 Å². The van der Waals surface area contributed by atoms with Gasteiger partial charge in [0.05, 0.1) is 80.0 Å². The van der Waals surface area contributed by atoms with Gasteiger partial charge in [-0.25, -0.2) is 73.3 Å². The summed E-state index contributed by atoms with van der Waals surface area (Å²) in [4.78, 5) is 41.6. The van der Waals surface area contributed by atoms with E-state index in [1.165, 1.54) is 68.4 Å². The standard InChI is InChI=1S/C31H35ClFN5O2S.C23H18ClF2N3O2S.C18H22BClN2O4S.C10H7BrF2N2.C8H18N2/c1-5-24-29(33)26(16-20-17-34-31(37-30(20)24)36-21-10-13-23(14-11-21)38(3)4)25-15-12-22(35-19(25)2)18-41(39,40)28-9-7-6-8-27(28)32;1-3-16-21(25)18(10-14-11-27-23(26)29-22(14)16)17-9-8-15(28-13(17)2)12-32(30,31)20-7-5-4-6-19(20)24;1-12-13(19-25-17(2,3)18(4,5)26-19)10-11-16(21-12)22-27(23,24)15-9-7-6-8-14(15)20;1-2-6-8(12)7(11)3-5-4-14-10(13)15-9(5)6;1-10(2)8-5-3-7(9)4-6-8/h6-9,12,15-17,21,23H,5,10-11,13-14,18H2,1-4H3,(H,34,36,37);4-11H,3,12H2,1-2H3;6-11H,1-5H3,(H,21,22);3-4H,2H2,1H3;7-8H,3-6,9H2,1-2H3. The Bertz CT molecular complexity index is 6310. The Morgan fingerprint density at radius 3 is 1.30 bits per heavy atom. The van der Waals surface area contributed by atoms with Gasteiger partial charge >= 0.3 is 19.3 Å². The summed E-state index contributed by atoms with van der Waals surface area (Å²) in [5.41, 5.74) is 12.0. The molecule has 4 N–H and O–H groups in total. The number of hydrogen-bond donors (Lipinski definition) is 3. The fourth-order valence-electron chi connectivity index (χ4n) is 15.2. The summed E-state index contributed by atoms with van der Waals surface area (Å²) >= 11 is 21.3. The fourth-order valence-corrected chi connectivity index (χ4v) is 20.9. The molecule has 0 radical (unpaired) electrons. The third-order valence-corrected chi connectivity index (χ3v) is 29.5. The van der Waals surface area contributed by atoms with E-state index in [9.17, 15) is 38.4 Å². The first-order chi connectivity index (χ1) is 59.0. The van der Waals surface area contributed by atoms with Crippen molar-refractivity contribution < 1.29 is 56.5 Å². The zero-order valence-corrected chi connectivity index (χ0v) is 78.1. The van der Waals surface area contributed by atoms with E-state index in [2.05, 4.69) is 104 Å². The number of nitrogens with one attached hydrogen (secondary N) is 2. The van der Waals surface area contributed by atoms with E-state index in [-0.39, 0.29) is 75.4 Å². The predicted molar refractivity (Wildman–Crippen MR) is 489 cm³/mol. The molecule has 12 aromatic rings. The van der Waals surface area contributed by atoms with Crippen LogP contribution in [0.3, 0.4) is 0 Å². The van der Waals surface area contributed by atoms with Gasteiger partial charge in [0.1, 0.15) is 28.2 Å². The maximum absolute atomic E-state index is 16.0. The quantitative estimate of drug-likeness (QED) is 0.0385. The highest BCUT2D eigenvalue weighted by molar-refractivity contribution is 9.10. The molecule has 6 aromatic carbocycles. The molecule has 2 aliphatic carbocycles. The molecule has 6 aromatic heterocycles. The Balaban J connectivity index is 0.000000162. The Morgan fingerprint density at radius 1 is 0.488 bits per heavy atom. The second-order valence-corrected chi connectivity index (χ2v) is 40.0. The van der Waals surface area contributed by atoms with Crippen molar-refractivity contribution in [2.75, 3.05) is 38.2 Å². The smallest absolute Gasteiger partial charge is 0.399 e. The SMILES string of the molecule is CCc1c(F)c(-c2ccc(CS(=O)(=O)c3ccccc3Cl)nc2C)cc2cnc(F)nc12.CCc1c(F)c(-c2ccc(CS(=O)(=O)c3ccccc3Cl)nc2C)cc2cnc(NC3CCC(N(C)C)CC3)nc12.CCc1c(F)c(Br)cc2cnc(F)nc12.CN(C)C1CCC(N)CC1.Cc1nc(NS(=O)(=O)c2ccccc2Cl)ccc1B1OC(C)(C)C(C)(C)O1. The molecule has 0 amide bonds. The lowest BCUT2D eigenvalue weighted by Crippen LogP contribution is -2.41. The summed E-state index contributed by atoms with van der Waals surface area (Å²) in [5.74, 6) is -1.17. The van der Waals surface area contributed by atoms with Gasteiger partial charge in [-0.1, -0.05) is 110 Å². The maximum Gasteiger partial charge on any atom is 0.496 e. The number of nitrogens with zero attached hydrogens (tertiary/aromatic N) is 11. The topological polar surface area (TPSA) is 293 Å². The number of aromatic nitrogens is 9. The number of sulfonamides is 1. The van der Waals surface area contributed by atoms with E-state index in [0.717, 1.165) is 42.6 Å². The highest BCUT2D eigenvalue weighted by Gasteiger charge is 2.52. The van der Waals surface area contributed by atoms with Crippen molar-refractivity contribution in [1.82, 2.24) is 54.7 Å². The molecule has 125 heavy (non-hydrogen) atoms. The van der Waals surface area contributed by atoms with Crippen molar-refractivity contribution in [3.05, 3.63) is 240 Å². The number of benzene rings is 6. The molecule has 22 nitrogen and oxygen atoms in total. The van der Waals surface area contributed by atoms with Gasteiger partial charge in [0.2, 0.25) is 5.95 Å². The highest BCUT2D eigenvalue weighted by Crippen LogP contribution is 2.40. The van der Waals surface area contributed by atoms with Gasteiger partial charge in [-0.15, -0.1) is 0 Å². The van der Waals surface area contributed by atoms with Gasteiger partial charge in [-0.3, -0.25) is 14.7 Å². The Hall–Kier alpha value is -8.90. The minimum atomic E-state index is -3.84. The summed E-state index contributed by atoms with van der Waals surface area (Å²) < 4.78 is 163. The molecule has 1 saturated heterocycles. The lowest BCUT2D eigenvalue weighted by molar-refractivity contribution is 0.00578.